The van der Waals surface area contributed by atoms with Gasteiger partial charge in [0.05, 0.1) is 6.10 Å². The molecule has 5 saturated carbocycles. The van der Waals surface area contributed by atoms with Crippen LogP contribution in [0.2, 0.25) is 0 Å². The second-order valence-electron chi connectivity index (χ2n) is 16.0. The minimum absolute atomic E-state index is 0.412. The minimum Gasteiger partial charge on any atom is -0.381 e. The van der Waals surface area contributed by atoms with E-state index in [1.807, 2.05) is 7.11 Å². The van der Waals surface area contributed by atoms with E-state index in [4.69, 9.17) is 4.74 Å². The lowest BCUT2D eigenvalue weighted by atomic mass is 9.44. The Morgan fingerprint density at radius 2 is 1.58 bits per heavy atom. The average molecular weight is 457 g/mol. The normalized spacial score (nSPS) is 52.1. The van der Waals surface area contributed by atoms with Gasteiger partial charge in [0.1, 0.15) is 0 Å². The SMILES string of the molecule is CO[C@@H]1C[C@@H]2[C@@H]3CC[C@H]([C@H](C)CCCC(C)C)[C@]3(C)CC[C@@H]2[C@]2(C)CC(C)(C)[C@@H]3C(C)(C)[C@]312. The third kappa shape index (κ3) is 2.93. The van der Waals surface area contributed by atoms with E-state index in [2.05, 4.69) is 62.3 Å². The van der Waals surface area contributed by atoms with Crippen LogP contribution < -0.4 is 0 Å². The van der Waals surface area contributed by atoms with Gasteiger partial charge >= 0.3 is 0 Å². The van der Waals surface area contributed by atoms with Gasteiger partial charge < -0.3 is 4.74 Å². The van der Waals surface area contributed by atoms with E-state index < -0.39 is 0 Å². The summed E-state index contributed by atoms with van der Waals surface area (Å²) in [6.07, 6.45) is 13.5. The van der Waals surface area contributed by atoms with Crippen molar-refractivity contribution in [2.24, 2.45) is 68.5 Å². The Morgan fingerprint density at radius 3 is 2.18 bits per heavy atom. The zero-order valence-electron chi connectivity index (χ0n) is 23.9. The Hall–Kier alpha value is -0.0400. The fourth-order valence-electron chi connectivity index (χ4n) is 13.2. The molecular weight excluding hydrogens is 400 g/mol. The summed E-state index contributed by atoms with van der Waals surface area (Å²) in [5, 5.41) is 0. The van der Waals surface area contributed by atoms with Gasteiger partial charge in [-0.1, -0.05) is 81.6 Å². The highest BCUT2D eigenvalue weighted by atomic mass is 16.5. The van der Waals surface area contributed by atoms with Gasteiger partial charge in [-0.25, -0.2) is 0 Å². The molecular formula is C32H56O. The van der Waals surface area contributed by atoms with Gasteiger partial charge in [0.2, 0.25) is 0 Å². The highest BCUT2D eigenvalue weighted by molar-refractivity contribution is 5.37. The summed E-state index contributed by atoms with van der Waals surface area (Å²) in [5.41, 5.74) is 2.32. The van der Waals surface area contributed by atoms with Crippen LogP contribution in [-0.2, 0) is 4.74 Å². The van der Waals surface area contributed by atoms with E-state index in [9.17, 15) is 0 Å². The lowest BCUT2D eigenvalue weighted by Gasteiger charge is -2.62. The van der Waals surface area contributed by atoms with Crippen molar-refractivity contribution in [1.82, 2.24) is 0 Å². The molecule has 0 N–H and O–H groups in total. The number of fused-ring (bicyclic) bond motifs is 4. The Bertz CT molecular complexity index is 764. The van der Waals surface area contributed by atoms with Gasteiger partial charge in [-0.3, -0.25) is 0 Å². The molecule has 33 heavy (non-hydrogen) atoms. The quantitative estimate of drug-likeness (QED) is 0.387. The summed E-state index contributed by atoms with van der Waals surface area (Å²) in [4.78, 5) is 0. The number of hydrogen-bond acceptors (Lipinski definition) is 1. The molecule has 0 unspecified atom stereocenters. The van der Waals surface area contributed by atoms with Crippen molar-refractivity contribution >= 4 is 0 Å². The molecule has 190 valence electrons. The molecule has 1 heteroatoms. The molecule has 0 aromatic rings. The average Bonchev–Trinajstić information content (AvgIpc) is 2.95. The molecule has 10 atom stereocenters. The van der Waals surface area contributed by atoms with E-state index in [0.717, 1.165) is 41.4 Å². The molecule has 0 heterocycles. The predicted molar refractivity (Wildman–Crippen MR) is 140 cm³/mol. The van der Waals surface area contributed by atoms with Crippen LogP contribution in [0.5, 0.6) is 0 Å². The summed E-state index contributed by atoms with van der Waals surface area (Å²) in [5.74, 6) is 6.28. The molecule has 5 fully saturated rings. The van der Waals surface area contributed by atoms with Crippen molar-refractivity contribution in [1.29, 1.82) is 0 Å². The molecule has 0 aliphatic heterocycles. The van der Waals surface area contributed by atoms with Crippen LogP contribution in [0, 0.1) is 68.5 Å². The molecule has 0 amide bonds. The maximum absolute atomic E-state index is 6.52. The zero-order valence-corrected chi connectivity index (χ0v) is 23.9. The van der Waals surface area contributed by atoms with Crippen LogP contribution in [0.4, 0.5) is 0 Å². The molecule has 5 aliphatic carbocycles. The standard InChI is InChI=1S/C32H56O/c1-20(2)12-11-13-21(3)23-14-15-24-22-18-26(33-10)32-27(29(32,6)7)28(4,5)19-31(32,9)25(22)16-17-30(23,24)8/h20-27H,11-19H2,1-10H3/t21-,22-,23-,24+,25+,26-,27-,30+,31+,32-/m1/s1. The first kappa shape index (κ1) is 24.6. The summed E-state index contributed by atoms with van der Waals surface area (Å²) in [6, 6.07) is 0. The first-order valence-corrected chi connectivity index (χ1v) is 14.8. The van der Waals surface area contributed by atoms with Crippen LogP contribution >= 0.6 is 0 Å². The highest BCUT2D eigenvalue weighted by Gasteiger charge is 2.90. The maximum Gasteiger partial charge on any atom is 0.0644 e. The van der Waals surface area contributed by atoms with Crippen LogP contribution in [0.1, 0.15) is 120 Å². The van der Waals surface area contributed by atoms with Gasteiger partial charge in [-0.2, -0.15) is 0 Å². The lowest BCUT2D eigenvalue weighted by Crippen LogP contribution is -2.58. The summed E-state index contributed by atoms with van der Waals surface area (Å²) < 4.78 is 6.52. The lowest BCUT2D eigenvalue weighted by molar-refractivity contribution is -0.174. The molecule has 5 aliphatic rings. The maximum atomic E-state index is 6.52. The van der Waals surface area contributed by atoms with E-state index in [-0.39, 0.29) is 0 Å². The number of rotatable bonds is 6. The molecule has 5 rings (SSSR count). The molecule has 0 radical (unpaired) electrons. The van der Waals surface area contributed by atoms with Crippen LogP contribution in [0.3, 0.4) is 0 Å². The van der Waals surface area contributed by atoms with Crippen LogP contribution in [-0.4, -0.2) is 13.2 Å². The molecule has 0 aromatic carbocycles. The number of methoxy groups -OCH3 is 1. The molecule has 1 nitrogen and oxygen atoms in total. The third-order valence-corrected chi connectivity index (χ3v) is 13.4. The summed E-state index contributed by atoms with van der Waals surface area (Å²) >= 11 is 0. The monoisotopic (exact) mass is 456 g/mol. The van der Waals surface area contributed by atoms with Gasteiger partial charge in [-0.15, -0.1) is 0 Å². The van der Waals surface area contributed by atoms with Crippen molar-refractivity contribution in [2.45, 2.75) is 126 Å². The fourth-order valence-corrected chi connectivity index (χ4v) is 13.2. The molecule has 0 bridgehead atoms. The Labute approximate surface area is 206 Å². The number of hydrogen-bond donors (Lipinski definition) is 0. The summed E-state index contributed by atoms with van der Waals surface area (Å²) in [6.45, 7) is 23.2. The van der Waals surface area contributed by atoms with E-state index in [1.165, 1.54) is 57.8 Å². The molecule has 0 saturated heterocycles. The first-order chi connectivity index (χ1) is 15.3. The highest BCUT2D eigenvalue weighted by Crippen LogP contribution is 2.92. The minimum atomic E-state index is 0.412. The Balaban J connectivity index is 1.42. The van der Waals surface area contributed by atoms with Gasteiger partial charge in [0.25, 0.3) is 0 Å². The number of ether oxygens (including phenoxy) is 1. The van der Waals surface area contributed by atoms with Crippen LogP contribution in [0.25, 0.3) is 0 Å². The van der Waals surface area contributed by atoms with E-state index >= 15 is 0 Å². The predicted octanol–water partition coefficient (Wildman–Crippen LogP) is 9.00. The second kappa shape index (κ2) is 7.49. The Morgan fingerprint density at radius 1 is 0.879 bits per heavy atom. The Kier molecular flexibility index (Phi) is 5.59. The summed E-state index contributed by atoms with van der Waals surface area (Å²) in [7, 11) is 2.05. The zero-order chi connectivity index (χ0) is 24.2. The van der Waals surface area contributed by atoms with Gasteiger partial charge in [0, 0.05) is 12.5 Å². The fraction of sp³-hybridized carbons (Fsp3) is 1.00. The molecule has 1 spiro atoms. The first-order valence-electron chi connectivity index (χ1n) is 14.8. The van der Waals surface area contributed by atoms with Gasteiger partial charge in [0.15, 0.2) is 0 Å². The van der Waals surface area contributed by atoms with Gasteiger partial charge in [-0.05, 0) is 102 Å². The van der Waals surface area contributed by atoms with Crippen molar-refractivity contribution in [3.05, 3.63) is 0 Å². The van der Waals surface area contributed by atoms with E-state index in [0.29, 0.717) is 33.2 Å². The van der Waals surface area contributed by atoms with Crippen molar-refractivity contribution in [3.8, 4) is 0 Å². The van der Waals surface area contributed by atoms with Crippen molar-refractivity contribution in [2.75, 3.05) is 7.11 Å². The van der Waals surface area contributed by atoms with Crippen LogP contribution in [0.15, 0.2) is 0 Å². The third-order valence-electron chi connectivity index (χ3n) is 13.4. The van der Waals surface area contributed by atoms with Crippen molar-refractivity contribution < 1.29 is 4.74 Å². The molecule has 0 aromatic heterocycles. The second-order valence-corrected chi connectivity index (χ2v) is 16.0. The van der Waals surface area contributed by atoms with E-state index in [1.54, 1.807) is 0 Å². The smallest absolute Gasteiger partial charge is 0.0644 e. The topological polar surface area (TPSA) is 9.23 Å². The van der Waals surface area contributed by atoms with Crippen molar-refractivity contribution in [3.63, 3.8) is 0 Å². The largest absolute Gasteiger partial charge is 0.381 e.